The highest BCUT2D eigenvalue weighted by molar-refractivity contribution is 7.90. The Balaban J connectivity index is 2.19. The summed E-state index contributed by atoms with van der Waals surface area (Å²) >= 11 is 0. The van der Waals surface area contributed by atoms with Gasteiger partial charge >= 0.3 is 0 Å². The smallest absolute Gasteiger partial charge is 0.236 e. The Labute approximate surface area is 122 Å². The van der Waals surface area contributed by atoms with Crippen molar-refractivity contribution >= 4 is 15.6 Å². The lowest BCUT2D eigenvalue weighted by Crippen LogP contribution is -1.97. The molecule has 2 aromatic rings. The fourth-order valence-electron chi connectivity index (χ4n) is 1.59. The molecule has 0 atom stereocenters. The van der Waals surface area contributed by atoms with Gasteiger partial charge in [0, 0.05) is 17.4 Å². The van der Waals surface area contributed by atoms with Crippen molar-refractivity contribution in [2.45, 2.75) is 4.90 Å². The van der Waals surface area contributed by atoms with E-state index in [2.05, 4.69) is 11.8 Å². The van der Waals surface area contributed by atoms with E-state index >= 15 is 0 Å². The van der Waals surface area contributed by atoms with Crippen molar-refractivity contribution in [3.8, 4) is 11.8 Å². The van der Waals surface area contributed by atoms with Gasteiger partial charge in [-0.25, -0.2) is 12.8 Å². The maximum absolute atomic E-state index is 12.7. The molecule has 0 unspecified atom stereocenters. The zero-order valence-electron chi connectivity index (χ0n) is 11.1. The largest absolute Gasteiger partial charge is 0.279 e. The maximum Gasteiger partial charge on any atom is 0.236 e. The van der Waals surface area contributed by atoms with Crippen LogP contribution in [0.4, 0.5) is 4.39 Å². The first-order chi connectivity index (χ1) is 9.86. The lowest BCUT2D eigenvalue weighted by Gasteiger charge is -1.97. The van der Waals surface area contributed by atoms with Crippen molar-refractivity contribution < 1.29 is 17.6 Å². The molecule has 0 saturated heterocycles. The number of sulfone groups is 1. The van der Waals surface area contributed by atoms with Crippen LogP contribution in [0.1, 0.15) is 15.9 Å². The monoisotopic (exact) mass is 302 g/mol. The van der Waals surface area contributed by atoms with Gasteiger partial charge in [-0.1, -0.05) is 5.92 Å². The van der Waals surface area contributed by atoms with Gasteiger partial charge in [0.25, 0.3) is 0 Å². The van der Waals surface area contributed by atoms with Crippen LogP contribution in [-0.4, -0.2) is 20.5 Å². The molecule has 0 N–H and O–H groups in total. The number of rotatable bonds is 2. The second-order valence-electron chi connectivity index (χ2n) is 4.38. The zero-order valence-corrected chi connectivity index (χ0v) is 11.9. The number of benzene rings is 2. The van der Waals surface area contributed by atoms with E-state index in [1.807, 2.05) is 0 Å². The normalized spacial score (nSPS) is 10.6. The second-order valence-corrected chi connectivity index (χ2v) is 6.40. The van der Waals surface area contributed by atoms with E-state index in [-0.39, 0.29) is 4.90 Å². The standard InChI is InChI=1S/C16H11FO3S/c1-21(19,20)15-9-2-12(3-10-15)4-11-16(18)13-5-7-14(17)8-6-13/h2-3,5-10H,1H3. The molecule has 0 heterocycles. The summed E-state index contributed by atoms with van der Waals surface area (Å²) in [6.07, 6.45) is 1.12. The van der Waals surface area contributed by atoms with Gasteiger partial charge in [-0.2, -0.15) is 0 Å². The number of hydrogen-bond acceptors (Lipinski definition) is 3. The summed E-state index contributed by atoms with van der Waals surface area (Å²) in [6.45, 7) is 0. The number of halogens is 1. The molecule has 0 aliphatic heterocycles. The molecule has 0 amide bonds. The fourth-order valence-corrected chi connectivity index (χ4v) is 2.22. The van der Waals surface area contributed by atoms with Gasteiger partial charge in [-0.05, 0) is 54.5 Å². The molecule has 2 rings (SSSR count). The molecule has 0 radical (unpaired) electrons. The Morgan fingerprint density at radius 2 is 1.57 bits per heavy atom. The molecule has 106 valence electrons. The van der Waals surface area contributed by atoms with Crippen LogP contribution in [0.5, 0.6) is 0 Å². The molecule has 0 bridgehead atoms. The van der Waals surface area contributed by atoms with Crippen LogP contribution >= 0.6 is 0 Å². The van der Waals surface area contributed by atoms with Gasteiger partial charge in [0.1, 0.15) is 5.82 Å². The van der Waals surface area contributed by atoms with E-state index in [9.17, 15) is 17.6 Å². The minimum absolute atomic E-state index is 0.193. The van der Waals surface area contributed by atoms with E-state index in [4.69, 9.17) is 0 Å². The van der Waals surface area contributed by atoms with Gasteiger partial charge in [0.05, 0.1) is 4.90 Å². The topological polar surface area (TPSA) is 51.2 Å². The number of hydrogen-bond donors (Lipinski definition) is 0. The first kappa shape index (κ1) is 14.9. The summed E-state index contributed by atoms with van der Waals surface area (Å²) in [4.78, 5) is 12.0. The average Bonchev–Trinajstić information content (AvgIpc) is 2.45. The van der Waals surface area contributed by atoms with E-state index in [0.717, 1.165) is 6.26 Å². The van der Waals surface area contributed by atoms with Gasteiger partial charge in [-0.3, -0.25) is 4.79 Å². The molecule has 0 aliphatic carbocycles. The molecule has 3 nitrogen and oxygen atoms in total. The maximum atomic E-state index is 12.7. The second kappa shape index (κ2) is 5.90. The third kappa shape index (κ3) is 4.01. The number of ketones is 1. The van der Waals surface area contributed by atoms with Crippen LogP contribution in [0.2, 0.25) is 0 Å². The van der Waals surface area contributed by atoms with Crippen LogP contribution in [-0.2, 0) is 9.84 Å². The van der Waals surface area contributed by atoms with Crippen LogP contribution in [0.25, 0.3) is 0 Å². The molecule has 21 heavy (non-hydrogen) atoms. The molecule has 0 aliphatic rings. The van der Waals surface area contributed by atoms with Crippen LogP contribution in [0.3, 0.4) is 0 Å². The van der Waals surface area contributed by atoms with E-state index < -0.39 is 21.4 Å². The van der Waals surface area contributed by atoms with Crippen molar-refractivity contribution in [3.05, 3.63) is 65.5 Å². The van der Waals surface area contributed by atoms with Crippen molar-refractivity contribution in [3.63, 3.8) is 0 Å². The summed E-state index contributed by atoms with van der Waals surface area (Å²) in [5.41, 5.74) is 0.828. The van der Waals surface area contributed by atoms with Crippen LogP contribution in [0.15, 0.2) is 53.4 Å². The molecule has 2 aromatic carbocycles. The van der Waals surface area contributed by atoms with Gasteiger partial charge in [-0.15, -0.1) is 0 Å². The van der Waals surface area contributed by atoms with Crippen LogP contribution in [0, 0.1) is 17.7 Å². The van der Waals surface area contributed by atoms with Crippen molar-refractivity contribution in [2.24, 2.45) is 0 Å². The molecular weight excluding hydrogens is 291 g/mol. The summed E-state index contributed by atoms with van der Waals surface area (Å²) in [5.74, 6) is 4.23. The quantitative estimate of drug-likeness (QED) is 0.632. The predicted octanol–water partition coefficient (Wildman–Crippen LogP) is 2.46. The molecule has 0 aromatic heterocycles. The van der Waals surface area contributed by atoms with Gasteiger partial charge < -0.3 is 0 Å². The third-order valence-corrected chi connectivity index (χ3v) is 3.84. The van der Waals surface area contributed by atoms with Crippen molar-refractivity contribution in [1.29, 1.82) is 0 Å². The summed E-state index contributed by atoms with van der Waals surface area (Å²) in [7, 11) is -3.25. The van der Waals surface area contributed by atoms with E-state index in [1.54, 1.807) is 0 Å². The summed E-state index contributed by atoms with van der Waals surface area (Å²) < 4.78 is 35.3. The lowest BCUT2D eigenvalue weighted by atomic mass is 10.1. The Hall–Kier alpha value is -2.45. The average molecular weight is 302 g/mol. The lowest BCUT2D eigenvalue weighted by molar-refractivity contribution is 0.105. The SMILES string of the molecule is CS(=O)(=O)c1ccc(C#CC(=O)c2ccc(F)cc2)cc1. The zero-order chi connectivity index (χ0) is 15.5. The third-order valence-electron chi connectivity index (χ3n) is 2.71. The predicted molar refractivity (Wildman–Crippen MR) is 77.2 cm³/mol. The molecule has 0 spiro atoms. The molecule has 0 fully saturated rings. The molecule has 5 heteroatoms. The van der Waals surface area contributed by atoms with Crippen molar-refractivity contribution in [1.82, 2.24) is 0 Å². The minimum atomic E-state index is -3.25. The molecule has 0 saturated carbocycles. The molecular formula is C16H11FO3S. The Bertz CT molecular complexity index is 824. The van der Waals surface area contributed by atoms with Gasteiger partial charge in [0.2, 0.25) is 5.78 Å². The Morgan fingerprint density at radius 1 is 1.00 bits per heavy atom. The first-order valence-electron chi connectivity index (χ1n) is 5.98. The summed E-state index contributed by atoms with van der Waals surface area (Å²) in [6, 6.07) is 11.0. The minimum Gasteiger partial charge on any atom is -0.279 e. The van der Waals surface area contributed by atoms with E-state index in [1.165, 1.54) is 48.5 Å². The van der Waals surface area contributed by atoms with Crippen LogP contribution < -0.4 is 0 Å². The highest BCUT2D eigenvalue weighted by Gasteiger charge is 2.05. The first-order valence-corrected chi connectivity index (χ1v) is 7.87. The summed E-state index contributed by atoms with van der Waals surface area (Å²) in [5, 5.41) is 0. The Kier molecular flexibility index (Phi) is 4.20. The van der Waals surface area contributed by atoms with E-state index in [0.29, 0.717) is 11.1 Å². The Morgan fingerprint density at radius 3 is 2.10 bits per heavy atom. The number of carbonyl (C=O) groups is 1. The van der Waals surface area contributed by atoms with Crippen molar-refractivity contribution in [2.75, 3.05) is 6.26 Å². The van der Waals surface area contributed by atoms with Gasteiger partial charge in [0.15, 0.2) is 9.84 Å². The highest BCUT2D eigenvalue weighted by atomic mass is 32.2. The highest BCUT2D eigenvalue weighted by Crippen LogP contribution is 2.09. The fraction of sp³-hybridized carbons (Fsp3) is 0.0625. The number of carbonyl (C=O) groups excluding carboxylic acids is 1. The number of Topliss-reactive ketones (excluding diaryl/α,β-unsaturated/α-hetero) is 1.